The zero-order valence-corrected chi connectivity index (χ0v) is 23.4. The van der Waals surface area contributed by atoms with Gasteiger partial charge in [-0.15, -0.1) is 0 Å². The molecule has 5 aromatic rings. The van der Waals surface area contributed by atoms with Gasteiger partial charge in [-0.2, -0.15) is 10.2 Å². The molecule has 2 saturated heterocycles. The van der Waals surface area contributed by atoms with Crippen LogP contribution >= 0.6 is 0 Å². The summed E-state index contributed by atoms with van der Waals surface area (Å²) in [4.78, 5) is 19.7. The topological polar surface area (TPSA) is 124 Å². The fourth-order valence-corrected chi connectivity index (χ4v) is 6.44. The van der Waals surface area contributed by atoms with Crippen LogP contribution < -0.4 is 5.73 Å². The van der Waals surface area contributed by atoms with Gasteiger partial charge in [-0.05, 0) is 61.6 Å². The number of aryl methyl sites for hydroxylation is 1. The van der Waals surface area contributed by atoms with Gasteiger partial charge in [0.15, 0.2) is 5.82 Å². The Morgan fingerprint density at radius 2 is 1.86 bits per heavy atom. The Labute approximate surface area is 243 Å². The molecule has 2 fully saturated rings. The van der Waals surface area contributed by atoms with Gasteiger partial charge in [0.25, 0.3) is 5.91 Å². The van der Waals surface area contributed by atoms with Crippen molar-refractivity contribution in [2.45, 2.75) is 44.4 Å². The van der Waals surface area contributed by atoms with E-state index in [1.54, 1.807) is 4.90 Å². The van der Waals surface area contributed by atoms with Crippen molar-refractivity contribution in [1.82, 2.24) is 29.3 Å². The highest BCUT2D eigenvalue weighted by atomic mass is 16.5. The number of amides is 1. The number of aliphatic hydroxyl groups is 1. The minimum atomic E-state index is -0.592. The summed E-state index contributed by atoms with van der Waals surface area (Å²) in [5, 5.41) is 19.9. The van der Waals surface area contributed by atoms with Crippen molar-refractivity contribution in [1.29, 1.82) is 0 Å². The van der Waals surface area contributed by atoms with Crippen LogP contribution in [0.25, 0.3) is 28.0 Å². The second-order valence-corrected chi connectivity index (χ2v) is 11.2. The molecule has 2 aliphatic heterocycles. The lowest BCUT2D eigenvalue weighted by Gasteiger charge is -2.26. The van der Waals surface area contributed by atoms with E-state index in [9.17, 15) is 9.90 Å². The molecule has 0 radical (unpaired) electrons. The van der Waals surface area contributed by atoms with Crippen LogP contribution in [0.4, 0.5) is 5.82 Å². The number of nitrogen functional groups attached to an aromatic ring is 1. The number of carbonyl (C=O) groups excluding carboxylic acids is 1. The molecule has 10 nitrogen and oxygen atoms in total. The number of fused-ring (bicyclic) bond motifs is 1. The molecule has 42 heavy (non-hydrogen) atoms. The predicted octanol–water partition coefficient (Wildman–Crippen LogP) is 4.45. The second kappa shape index (κ2) is 10.7. The van der Waals surface area contributed by atoms with E-state index in [2.05, 4.69) is 32.0 Å². The smallest absolute Gasteiger partial charge is 0.254 e. The van der Waals surface area contributed by atoms with Crippen LogP contribution in [0.15, 0.2) is 73.2 Å². The number of rotatable bonds is 5. The Morgan fingerprint density at radius 1 is 1.02 bits per heavy atom. The van der Waals surface area contributed by atoms with E-state index < -0.39 is 6.10 Å². The van der Waals surface area contributed by atoms with E-state index in [0.717, 1.165) is 52.0 Å². The number of hydrogen-bond acceptors (Lipinski definition) is 7. The Kier molecular flexibility index (Phi) is 6.72. The van der Waals surface area contributed by atoms with Crippen LogP contribution in [0.1, 0.15) is 52.8 Å². The van der Waals surface area contributed by atoms with Crippen LogP contribution in [0.2, 0.25) is 0 Å². The first kappa shape index (κ1) is 26.4. The number of likely N-dealkylation sites (tertiary alicyclic amines) is 1. The van der Waals surface area contributed by atoms with E-state index >= 15 is 0 Å². The van der Waals surface area contributed by atoms with Crippen molar-refractivity contribution in [2.24, 2.45) is 0 Å². The number of benzene rings is 2. The number of nitrogens with zero attached hydrogens (tertiary/aromatic N) is 6. The predicted molar refractivity (Wildman–Crippen MR) is 159 cm³/mol. The zero-order chi connectivity index (χ0) is 28.8. The fourth-order valence-electron chi connectivity index (χ4n) is 6.44. The lowest BCUT2D eigenvalue weighted by atomic mass is 9.99. The van der Waals surface area contributed by atoms with Crippen LogP contribution in [0.3, 0.4) is 0 Å². The molecule has 5 heterocycles. The first-order chi connectivity index (χ1) is 20.5. The summed E-state index contributed by atoms with van der Waals surface area (Å²) in [6, 6.07) is 19.8. The molecule has 2 aromatic carbocycles. The van der Waals surface area contributed by atoms with Gasteiger partial charge in [-0.3, -0.25) is 9.48 Å². The van der Waals surface area contributed by atoms with Crippen molar-refractivity contribution in [3.63, 3.8) is 0 Å². The standard InChI is InChI=1S/C32H33N7O3/c1-20-5-2-3-8-25(20)32(41)37-18-24(40)16-28(37)21-6-4-7-22(15-21)29-17-26(30-31(33)34-19-36-39(29)30)27-9-12-35-38(27)23-10-13-42-14-11-23/h2-9,12,15,17,19,23-24,28,40H,10-11,13-14,16,18H2,1H3,(H2,33,34,36)/t24-,28+/m1/s1. The second-order valence-electron chi connectivity index (χ2n) is 11.2. The summed E-state index contributed by atoms with van der Waals surface area (Å²) in [5.74, 6) is 0.313. The lowest BCUT2D eigenvalue weighted by Crippen LogP contribution is -2.32. The number of aliphatic hydroxyl groups excluding tert-OH is 1. The van der Waals surface area contributed by atoms with Gasteiger partial charge in [0.1, 0.15) is 11.8 Å². The maximum Gasteiger partial charge on any atom is 0.254 e. The van der Waals surface area contributed by atoms with Gasteiger partial charge in [-0.25, -0.2) is 9.50 Å². The molecule has 0 saturated carbocycles. The number of β-amino-alcohol motifs (C(OH)–C–C–N with tert-alkyl or cyclic N) is 1. The SMILES string of the molecule is Cc1ccccc1C(=O)N1C[C@H](O)C[C@H]1c1cccc(-c2cc(-c3ccnn3C3CCOCC3)c3c(N)ncnn23)c1. The lowest BCUT2D eigenvalue weighted by molar-refractivity contribution is 0.0667. The van der Waals surface area contributed by atoms with Crippen LogP contribution in [-0.4, -0.2) is 66.2 Å². The molecule has 0 bridgehead atoms. The molecule has 2 atom stereocenters. The van der Waals surface area contributed by atoms with Crippen molar-refractivity contribution in [3.8, 4) is 22.5 Å². The van der Waals surface area contributed by atoms with Crippen LogP contribution in [-0.2, 0) is 4.74 Å². The number of carbonyl (C=O) groups is 1. The largest absolute Gasteiger partial charge is 0.391 e. The number of aromatic nitrogens is 5. The summed E-state index contributed by atoms with van der Waals surface area (Å²) < 4.78 is 9.48. The Balaban J connectivity index is 1.30. The third-order valence-electron chi connectivity index (χ3n) is 8.55. The molecule has 0 spiro atoms. The average molecular weight is 564 g/mol. The van der Waals surface area contributed by atoms with E-state index in [0.29, 0.717) is 37.6 Å². The van der Waals surface area contributed by atoms with Crippen molar-refractivity contribution >= 4 is 17.2 Å². The average Bonchev–Trinajstić information content (AvgIpc) is 3.75. The quantitative estimate of drug-likeness (QED) is 0.324. The van der Waals surface area contributed by atoms with Gasteiger partial charge in [0, 0.05) is 42.6 Å². The minimum Gasteiger partial charge on any atom is -0.391 e. The number of ether oxygens (including phenoxy) is 1. The Bertz CT molecular complexity index is 1770. The highest BCUT2D eigenvalue weighted by molar-refractivity contribution is 5.96. The molecular weight excluding hydrogens is 530 g/mol. The molecule has 2 aliphatic rings. The molecule has 0 aliphatic carbocycles. The maximum absolute atomic E-state index is 13.6. The van der Waals surface area contributed by atoms with Gasteiger partial charge in [-0.1, -0.05) is 36.4 Å². The summed E-state index contributed by atoms with van der Waals surface area (Å²) >= 11 is 0. The van der Waals surface area contributed by atoms with Gasteiger partial charge in [0.05, 0.1) is 29.6 Å². The monoisotopic (exact) mass is 563 g/mol. The van der Waals surface area contributed by atoms with Crippen molar-refractivity contribution < 1.29 is 14.6 Å². The Morgan fingerprint density at radius 3 is 2.69 bits per heavy atom. The van der Waals surface area contributed by atoms with Crippen molar-refractivity contribution in [2.75, 3.05) is 25.5 Å². The molecule has 10 heteroatoms. The summed E-state index contributed by atoms with van der Waals surface area (Å²) in [7, 11) is 0. The summed E-state index contributed by atoms with van der Waals surface area (Å²) in [5.41, 5.74) is 13.3. The molecule has 214 valence electrons. The molecule has 1 amide bonds. The molecule has 0 unspecified atom stereocenters. The molecule has 3 aromatic heterocycles. The number of nitrogens with two attached hydrogens (primary N) is 1. The van der Waals surface area contributed by atoms with Gasteiger partial charge < -0.3 is 20.5 Å². The first-order valence-electron chi connectivity index (χ1n) is 14.4. The molecule has 3 N–H and O–H groups in total. The van der Waals surface area contributed by atoms with Gasteiger partial charge in [0.2, 0.25) is 0 Å². The Hall–Kier alpha value is -4.54. The molecular formula is C32H33N7O3. The summed E-state index contributed by atoms with van der Waals surface area (Å²) in [6.07, 6.45) is 4.95. The zero-order valence-electron chi connectivity index (χ0n) is 23.4. The van der Waals surface area contributed by atoms with Crippen LogP contribution in [0.5, 0.6) is 0 Å². The van der Waals surface area contributed by atoms with E-state index in [4.69, 9.17) is 10.5 Å². The normalized spacial score (nSPS) is 19.5. The van der Waals surface area contributed by atoms with Crippen molar-refractivity contribution in [3.05, 3.63) is 89.9 Å². The van der Waals surface area contributed by atoms with Gasteiger partial charge >= 0.3 is 0 Å². The molecule has 7 rings (SSSR count). The highest BCUT2D eigenvalue weighted by Crippen LogP contribution is 2.39. The highest BCUT2D eigenvalue weighted by Gasteiger charge is 2.36. The van der Waals surface area contributed by atoms with Crippen LogP contribution in [0, 0.1) is 6.92 Å². The number of hydrogen-bond donors (Lipinski definition) is 2. The summed E-state index contributed by atoms with van der Waals surface area (Å²) in [6.45, 7) is 3.65. The van der Waals surface area contributed by atoms with E-state index in [1.165, 1.54) is 6.33 Å². The third-order valence-corrected chi connectivity index (χ3v) is 8.55. The maximum atomic E-state index is 13.6. The fraction of sp³-hybridized carbons (Fsp3) is 0.312. The van der Waals surface area contributed by atoms with E-state index in [1.807, 2.05) is 66.2 Å². The van der Waals surface area contributed by atoms with E-state index in [-0.39, 0.29) is 18.0 Å². The first-order valence-corrected chi connectivity index (χ1v) is 14.4. The minimum absolute atomic E-state index is 0.0719. The number of anilines is 1. The third kappa shape index (κ3) is 4.53.